The van der Waals surface area contributed by atoms with Crippen molar-refractivity contribution in [2.75, 3.05) is 37.5 Å². The van der Waals surface area contributed by atoms with Crippen LogP contribution < -0.4 is 10.6 Å². The van der Waals surface area contributed by atoms with E-state index in [2.05, 4.69) is 20.6 Å². The molecular formula is C25H33N5O5. The Morgan fingerprint density at radius 2 is 1.97 bits per heavy atom. The summed E-state index contributed by atoms with van der Waals surface area (Å²) in [4.78, 5) is 13.8. The largest absolute Gasteiger partial charge is 0.454 e. The summed E-state index contributed by atoms with van der Waals surface area (Å²) >= 11 is 0. The maximum Gasteiger partial charge on any atom is 0.224 e. The molecule has 4 heterocycles. The fraction of sp³-hybridized carbons (Fsp3) is 0.560. The van der Waals surface area contributed by atoms with Crippen LogP contribution in [0.15, 0.2) is 22.7 Å². The van der Waals surface area contributed by atoms with E-state index in [4.69, 9.17) is 23.6 Å². The maximum absolute atomic E-state index is 9.98. The van der Waals surface area contributed by atoms with Crippen molar-refractivity contribution >= 4 is 22.7 Å². The van der Waals surface area contributed by atoms with Crippen LogP contribution in [-0.2, 0) is 14.2 Å². The third-order valence-corrected chi connectivity index (χ3v) is 6.60. The number of fused-ring (bicyclic) bond motifs is 2. The smallest absolute Gasteiger partial charge is 0.224 e. The third-order valence-electron chi connectivity index (χ3n) is 6.60. The molecule has 3 N–H and O–H groups in total. The predicted octanol–water partition coefficient (Wildman–Crippen LogP) is 3.27. The second-order valence-corrected chi connectivity index (χ2v) is 9.74. The summed E-state index contributed by atoms with van der Waals surface area (Å²) in [5.74, 6) is 1.07. The summed E-state index contributed by atoms with van der Waals surface area (Å²) in [6.07, 6.45) is 2.04. The molecule has 0 amide bonds. The highest BCUT2D eigenvalue weighted by atomic mass is 16.8. The molecule has 0 aromatic carbocycles. The first-order valence-electron chi connectivity index (χ1n) is 12.0. The van der Waals surface area contributed by atoms with Crippen LogP contribution in [0.4, 0.5) is 11.8 Å². The molecule has 188 valence electrons. The summed E-state index contributed by atoms with van der Waals surface area (Å²) in [5.41, 5.74) is 3.16. The molecular weight excluding hydrogens is 450 g/mol. The second-order valence-electron chi connectivity index (χ2n) is 9.74. The van der Waals surface area contributed by atoms with Crippen LogP contribution in [0.25, 0.3) is 22.3 Å². The van der Waals surface area contributed by atoms with Crippen LogP contribution in [0.3, 0.4) is 0 Å². The highest BCUT2D eigenvalue weighted by Crippen LogP contribution is 2.43. The lowest BCUT2D eigenvalue weighted by Crippen LogP contribution is -2.35. The molecule has 10 heteroatoms. The Hall–Kier alpha value is -2.79. The standard InChI is InChI=1S/C25H33N5O5/c1-13-8-15-10-18(33-19(15)11-27-13)20-14(2)28-24(26-6-7-32-5)30-23(20)29-17-9-16(12-31)21-22(17)35-25(3,4)34-21/h8,10-11,16-17,21-22,31H,6-7,9,12H2,1-5H3,(H2,26,28,29,30)/t16-,17-,21-,22+/m1/s1. The molecule has 35 heavy (non-hydrogen) atoms. The minimum absolute atomic E-state index is 0.0230. The van der Waals surface area contributed by atoms with Gasteiger partial charge in [0.05, 0.1) is 36.2 Å². The number of nitrogens with zero attached hydrogens (tertiary/aromatic N) is 3. The van der Waals surface area contributed by atoms with Crippen LogP contribution in [0.2, 0.25) is 0 Å². The molecule has 3 aromatic rings. The van der Waals surface area contributed by atoms with E-state index in [-0.39, 0.29) is 30.8 Å². The van der Waals surface area contributed by atoms with Gasteiger partial charge >= 0.3 is 0 Å². The summed E-state index contributed by atoms with van der Waals surface area (Å²) in [5, 5.41) is 17.8. The van der Waals surface area contributed by atoms with Gasteiger partial charge in [0.2, 0.25) is 5.95 Å². The molecule has 5 rings (SSSR count). The average molecular weight is 484 g/mol. The SMILES string of the molecule is COCCNc1nc(C)c(-c2cc3cc(C)ncc3o2)c(N[C@@H]2C[C@H](CO)[C@H]3OC(C)(C)O[C@H]32)n1. The first-order chi connectivity index (χ1) is 16.8. The van der Waals surface area contributed by atoms with Crippen LogP contribution >= 0.6 is 0 Å². The summed E-state index contributed by atoms with van der Waals surface area (Å²) in [6, 6.07) is 3.88. The molecule has 1 saturated heterocycles. The Labute approximate surface area is 204 Å². The maximum atomic E-state index is 9.98. The number of methoxy groups -OCH3 is 1. The van der Waals surface area contributed by atoms with Crippen molar-refractivity contribution in [3.05, 3.63) is 29.7 Å². The number of anilines is 2. The van der Waals surface area contributed by atoms with Gasteiger partial charge in [-0.05, 0) is 46.2 Å². The minimum atomic E-state index is -0.704. The van der Waals surface area contributed by atoms with Crippen molar-refractivity contribution in [1.82, 2.24) is 15.0 Å². The number of pyridine rings is 1. The van der Waals surface area contributed by atoms with Gasteiger partial charge in [-0.3, -0.25) is 4.98 Å². The summed E-state index contributed by atoms with van der Waals surface area (Å²) < 4.78 is 23.7. The van der Waals surface area contributed by atoms with Crippen molar-refractivity contribution < 1.29 is 23.7 Å². The van der Waals surface area contributed by atoms with Crippen molar-refractivity contribution in [3.8, 4) is 11.3 Å². The topological polar surface area (TPSA) is 124 Å². The van der Waals surface area contributed by atoms with Gasteiger partial charge in [0, 0.05) is 37.3 Å². The van der Waals surface area contributed by atoms with Crippen LogP contribution in [0.5, 0.6) is 0 Å². The number of furan rings is 1. The van der Waals surface area contributed by atoms with E-state index >= 15 is 0 Å². The number of hydrogen-bond acceptors (Lipinski definition) is 10. The Morgan fingerprint density at radius 1 is 1.17 bits per heavy atom. The number of nitrogens with one attached hydrogen (secondary N) is 2. The molecule has 1 saturated carbocycles. The monoisotopic (exact) mass is 483 g/mol. The zero-order valence-electron chi connectivity index (χ0n) is 20.8. The molecule has 0 unspecified atom stereocenters. The fourth-order valence-corrected chi connectivity index (χ4v) is 5.08. The average Bonchev–Trinajstić information content (AvgIpc) is 3.44. The van der Waals surface area contributed by atoms with Gasteiger partial charge in [-0.25, -0.2) is 4.98 Å². The Balaban J connectivity index is 1.53. The van der Waals surface area contributed by atoms with Crippen molar-refractivity contribution in [3.63, 3.8) is 0 Å². The number of aliphatic hydroxyl groups is 1. The highest BCUT2D eigenvalue weighted by Gasteiger charge is 2.54. The number of aryl methyl sites for hydroxylation is 2. The highest BCUT2D eigenvalue weighted by molar-refractivity contribution is 5.86. The summed E-state index contributed by atoms with van der Waals surface area (Å²) in [7, 11) is 1.65. The van der Waals surface area contributed by atoms with Crippen LogP contribution in [-0.4, -0.2) is 71.0 Å². The van der Waals surface area contributed by atoms with Gasteiger partial charge in [0.1, 0.15) is 17.7 Å². The van der Waals surface area contributed by atoms with Gasteiger partial charge in [-0.15, -0.1) is 0 Å². The second kappa shape index (κ2) is 9.34. The number of hydrogen-bond donors (Lipinski definition) is 3. The molecule has 2 aliphatic rings. The number of rotatable bonds is 8. The van der Waals surface area contributed by atoms with E-state index in [1.807, 2.05) is 39.8 Å². The van der Waals surface area contributed by atoms with Crippen LogP contribution in [0, 0.1) is 19.8 Å². The van der Waals surface area contributed by atoms with E-state index in [9.17, 15) is 5.11 Å². The molecule has 1 aliphatic carbocycles. The first kappa shape index (κ1) is 23.9. The van der Waals surface area contributed by atoms with Gasteiger partial charge in [0.15, 0.2) is 11.4 Å². The number of ether oxygens (including phenoxy) is 3. The molecule has 2 fully saturated rings. The fourth-order valence-electron chi connectivity index (χ4n) is 5.08. The molecule has 0 radical (unpaired) electrons. The molecule has 10 nitrogen and oxygen atoms in total. The Morgan fingerprint density at radius 3 is 2.74 bits per heavy atom. The quantitative estimate of drug-likeness (QED) is 0.411. The van der Waals surface area contributed by atoms with Gasteiger partial charge in [0.25, 0.3) is 0 Å². The van der Waals surface area contributed by atoms with E-state index in [0.29, 0.717) is 42.7 Å². The molecule has 0 bridgehead atoms. The van der Waals surface area contributed by atoms with E-state index in [0.717, 1.165) is 22.3 Å². The molecule has 3 aromatic heterocycles. The van der Waals surface area contributed by atoms with Gasteiger partial charge < -0.3 is 34.4 Å². The van der Waals surface area contributed by atoms with E-state index < -0.39 is 5.79 Å². The molecule has 0 spiro atoms. The number of aromatic nitrogens is 3. The van der Waals surface area contributed by atoms with Gasteiger partial charge in [-0.2, -0.15) is 4.98 Å². The van der Waals surface area contributed by atoms with Crippen LogP contribution in [0.1, 0.15) is 31.7 Å². The Kier molecular flexibility index (Phi) is 6.39. The van der Waals surface area contributed by atoms with E-state index in [1.54, 1.807) is 13.3 Å². The summed E-state index contributed by atoms with van der Waals surface area (Å²) in [6.45, 7) is 8.84. The van der Waals surface area contributed by atoms with Gasteiger partial charge in [-0.1, -0.05) is 0 Å². The zero-order chi connectivity index (χ0) is 24.7. The normalized spacial score (nSPS) is 25.2. The van der Waals surface area contributed by atoms with Crippen molar-refractivity contribution in [2.24, 2.45) is 5.92 Å². The predicted molar refractivity (Wildman–Crippen MR) is 131 cm³/mol. The first-order valence-corrected chi connectivity index (χ1v) is 12.0. The lowest BCUT2D eigenvalue weighted by molar-refractivity contribution is -0.158. The van der Waals surface area contributed by atoms with Crippen molar-refractivity contribution in [1.29, 1.82) is 0 Å². The van der Waals surface area contributed by atoms with Crippen molar-refractivity contribution in [2.45, 2.75) is 58.2 Å². The zero-order valence-corrected chi connectivity index (χ0v) is 20.8. The third kappa shape index (κ3) is 4.71. The van der Waals surface area contributed by atoms with E-state index in [1.165, 1.54) is 0 Å². The lowest BCUT2D eigenvalue weighted by atomic mass is 10.1. The number of aliphatic hydroxyl groups excluding tert-OH is 1. The minimum Gasteiger partial charge on any atom is -0.454 e. The molecule has 1 aliphatic heterocycles. The Bertz CT molecular complexity index is 1210. The molecule has 4 atom stereocenters. The lowest BCUT2D eigenvalue weighted by Gasteiger charge is -2.25.